The largest absolute Gasteiger partial charge is 0.349 e. The molecular weight excluding hydrogens is 241 g/mol. The highest BCUT2D eigenvalue weighted by Gasteiger charge is 2.25. The van der Waals surface area contributed by atoms with E-state index in [2.05, 4.69) is 5.32 Å². The van der Waals surface area contributed by atoms with Crippen LogP contribution in [-0.4, -0.2) is 11.9 Å². The number of nitrogens with one attached hydrogen (secondary N) is 1. The Labute approximate surface area is 111 Å². The summed E-state index contributed by atoms with van der Waals surface area (Å²) in [6.07, 6.45) is 1.98. The lowest BCUT2D eigenvalue weighted by Crippen LogP contribution is -2.26. The Bertz CT molecular complexity index is 605. The van der Waals surface area contributed by atoms with Gasteiger partial charge in [0.05, 0.1) is 5.56 Å². The Morgan fingerprint density at radius 3 is 2.47 bits per heavy atom. The van der Waals surface area contributed by atoms with Crippen LogP contribution >= 0.6 is 0 Å². The van der Waals surface area contributed by atoms with Crippen molar-refractivity contribution in [1.82, 2.24) is 5.32 Å². The summed E-state index contributed by atoms with van der Waals surface area (Å²) >= 11 is 0. The normalized spacial score (nSPS) is 14.2. The number of halogens is 1. The molecule has 0 saturated heterocycles. The molecule has 0 heterocycles. The number of amides is 1. The van der Waals surface area contributed by atoms with Gasteiger partial charge in [0.1, 0.15) is 5.82 Å². The molecule has 1 aliphatic rings. The quantitative estimate of drug-likeness (QED) is 0.895. The van der Waals surface area contributed by atoms with Crippen LogP contribution in [0.1, 0.15) is 23.2 Å². The summed E-state index contributed by atoms with van der Waals surface area (Å²) < 4.78 is 13.7. The maximum atomic E-state index is 13.7. The molecule has 0 aromatic heterocycles. The summed E-state index contributed by atoms with van der Waals surface area (Å²) in [5, 5.41) is 2.81. The summed E-state index contributed by atoms with van der Waals surface area (Å²) in [6.45, 7) is 0. The van der Waals surface area contributed by atoms with E-state index in [-0.39, 0.29) is 17.5 Å². The van der Waals surface area contributed by atoms with Crippen LogP contribution in [0.15, 0.2) is 48.5 Å². The van der Waals surface area contributed by atoms with Crippen LogP contribution < -0.4 is 5.32 Å². The fraction of sp³-hybridized carbons (Fsp3) is 0.188. The molecule has 1 fully saturated rings. The van der Waals surface area contributed by atoms with E-state index in [1.165, 1.54) is 6.07 Å². The van der Waals surface area contributed by atoms with Crippen LogP contribution in [0.3, 0.4) is 0 Å². The van der Waals surface area contributed by atoms with Crippen LogP contribution in [-0.2, 0) is 0 Å². The van der Waals surface area contributed by atoms with E-state index in [4.69, 9.17) is 0 Å². The monoisotopic (exact) mass is 255 g/mol. The van der Waals surface area contributed by atoms with Crippen molar-refractivity contribution in [1.29, 1.82) is 0 Å². The van der Waals surface area contributed by atoms with E-state index >= 15 is 0 Å². The van der Waals surface area contributed by atoms with Crippen LogP contribution in [0, 0.1) is 5.82 Å². The van der Waals surface area contributed by atoms with Crippen molar-refractivity contribution in [2.24, 2.45) is 0 Å². The third-order valence-electron chi connectivity index (χ3n) is 3.23. The van der Waals surface area contributed by atoms with Gasteiger partial charge in [-0.2, -0.15) is 0 Å². The van der Waals surface area contributed by atoms with Crippen molar-refractivity contribution in [3.05, 3.63) is 59.9 Å². The summed E-state index contributed by atoms with van der Waals surface area (Å²) in [5.74, 6) is -0.796. The van der Waals surface area contributed by atoms with Crippen LogP contribution in [0.2, 0.25) is 0 Å². The predicted octanol–water partition coefficient (Wildman–Crippen LogP) is 3.38. The van der Waals surface area contributed by atoms with Gasteiger partial charge in [-0.25, -0.2) is 4.39 Å². The Hall–Kier alpha value is -2.16. The number of carbonyl (C=O) groups is 1. The Balaban J connectivity index is 1.93. The smallest absolute Gasteiger partial charge is 0.254 e. The standard InChI is InChI=1S/C16H14FNO/c17-15-9-6-12(11-4-2-1-3-5-11)10-14(15)16(19)18-13-7-8-13/h1-6,9-10,13H,7-8H2,(H,18,19). The molecule has 0 atom stereocenters. The second-order valence-corrected chi connectivity index (χ2v) is 4.81. The summed E-state index contributed by atoms with van der Waals surface area (Å²) in [6, 6.07) is 14.5. The predicted molar refractivity (Wildman–Crippen MR) is 72.3 cm³/mol. The van der Waals surface area contributed by atoms with E-state index < -0.39 is 5.82 Å². The highest BCUT2D eigenvalue weighted by molar-refractivity contribution is 5.96. The van der Waals surface area contributed by atoms with Crippen molar-refractivity contribution in [2.45, 2.75) is 18.9 Å². The van der Waals surface area contributed by atoms with Gasteiger partial charge in [-0.15, -0.1) is 0 Å². The Kier molecular flexibility index (Phi) is 3.03. The molecule has 1 amide bonds. The van der Waals surface area contributed by atoms with E-state index in [1.54, 1.807) is 12.1 Å². The second-order valence-electron chi connectivity index (χ2n) is 4.81. The molecule has 19 heavy (non-hydrogen) atoms. The highest BCUT2D eigenvalue weighted by Crippen LogP contribution is 2.23. The molecule has 3 rings (SSSR count). The number of hydrogen-bond acceptors (Lipinski definition) is 1. The van der Waals surface area contributed by atoms with Gasteiger partial charge in [0.25, 0.3) is 5.91 Å². The summed E-state index contributed by atoms with van der Waals surface area (Å²) in [5.41, 5.74) is 1.94. The lowest BCUT2D eigenvalue weighted by molar-refractivity contribution is 0.0947. The molecule has 0 unspecified atom stereocenters. The van der Waals surface area contributed by atoms with Crippen LogP contribution in [0.4, 0.5) is 4.39 Å². The van der Waals surface area contributed by atoms with Crippen molar-refractivity contribution >= 4 is 5.91 Å². The SMILES string of the molecule is O=C(NC1CC1)c1cc(-c2ccccc2)ccc1F. The highest BCUT2D eigenvalue weighted by atomic mass is 19.1. The molecule has 0 aliphatic heterocycles. The van der Waals surface area contributed by atoms with Gasteiger partial charge in [-0.05, 0) is 36.1 Å². The first-order valence-corrected chi connectivity index (χ1v) is 6.40. The molecule has 3 heteroatoms. The van der Waals surface area contributed by atoms with E-state index in [0.717, 1.165) is 24.0 Å². The fourth-order valence-electron chi connectivity index (χ4n) is 2.00. The van der Waals surface area contributed by atoms with Crippen molar-refractivity contribution in [2.75, 3.05) is 0 Å². The number of hydrogen-bond donors (Lipinski definition) is 1. The molecule has 2 nitrogen and oxygen atoms in total. The molecule has 1 N–H and O–H groups in total. The average molecular weight is 255 g/mol. The van der Waals surface area contributed by atoms with Gasteiger partial charge in [0, 0.05) is 6.04 Å². The third-order valence-corrected chi connectivity index (χ3v) is 3.23. The molecule has 1 aliphatic carbocycles. The maximum absolute atomic E-state index is 13.7. The number of carbonyl (C=O) groups excluding carboxylic acids is 1. The molecule has 2 aromatic rings. The zero-order valence-electron chi connectivity index (χ0n) is 10.4. The van der Waals surface area contributed by atoms with Crippen LogP contribution in [0.25, 0.3) is 11.1 Å². The average Bonchev–Trinajstić information content (AvgIpc) is 3.24. The minimum Gasteiger partial charge on any atom is -0.349 e. The minimum atomic E-state index is -0.474. The summed E-state index contributed by atoms with van der Waals surface area (Å²) in [4.78, 5) is 11.9. The fourth-order valence-corrected chi connectivity index (χ4v) is 2.00. The van der Waals surface area contributed by atoms with E-state index in [9.17, 15) is 9.18 Å². The molecule has 1 saturated carbocycles. The Morgan fingerprint density at radius 1 is 1.05 bits per heavy atom. The van der Waals surface area contributed by atoms with Crippen molar-refractivity contribution < 1.29 is 9.18 Å². The lowest BCUT2D eigenvalue weighted by Gasteiger charge is -2.07. The van der Waals surface area contributed by atoms with Gasteiger partial charge in [0.2, 0.25) is 0 Å². The molecule has 96 valence electrons. The third kappa shape index (κ3) is 2.65. The number of rotatable bonds is 3. The van der Waals surface area contributed by atoms with Gasteiger partial charge in [0.15, 0.2) is 0 Å². The van der Waals surface area contributed by atoms with E-state index in [0.29, 0.717) is 0 Å². The topological polar surface area (TPSA) is 29.1 Å². The number of benzene rings is 2. The van der Waals surface area contributed by atoms with E-state index in [1.807, 2.05) is 30.3 Å². The molecule has 0 bridgehead atoms. The second kappa shape index (κ2) is 4.84. The van der Waals surface area contributed by atoms with Crippen molar-refractivity contribution in [3.8, 4) is 11.1 Å². The molecular formula is C16H14FNO. The van der Waals surface area contributed by atoms with Gasteiger partial charge in [-0.1, -0.05) is 36.4 Å². The minimum absolute atomic E-state index is 0.119. The van der Waals surface area contributed by atoms with Gasteiger partial charge < -0.3 is 5.32 Å². The molecule has 0 radical (unpaired) electrons. The summed E-state index contributed by atoms with van der Waals surface area (Å²) in [7, 11) is 0. The first-order valence-electron chi connectivity index (χ1n) is 6.40. The first kappa shape index (κ1) is 11.9. The van der Waals surface area contributed by atoms with Crippen LogP contribution in [0.5, 0.6) is 0 Å². The Morgan fingerprint density at radius 2 is 1.79 bits per heavy atom. The lowest BCUT2D eigenvalue weighted by atomic mass is 10.0. The zero-order chi connectivity index (χ0) is 13.2. The molecule has 0 spiro atoms. The van der Waals surface area contributed by atoms with Gasteiger partial charge >= 0.3 is 0 Å². The van der Waals surface area contributed by atoms with Gasteiger partial charge in [-0.3, -0.25) is 4.79 Å². The first-order chi connectivity index (χ1) is 9.24. The molecule has 2 aromatic carbocycles. The maximum Gasteiger partial charge on any atom is 0.254 e. The van der Waals surface area contributed by atoms with Crippen molar-refractivity contribution in [3.63, 3.8) is 0 Å². The zero-order valence-corrected chi connectivity index (χ0v) is 10.4.